The van der Waals surface area contributed by atoms with Crippen LogP contribution in [0.1, 0.15) is 5.56 Å². The summed E-state index contributed by atoms with van der Waals surface area (Å²) in [6, 6.07) is 11.0. The third-order valence-corrected chi connectivity index (χ3v) is 3.87. The van der Waals surface area contributed by atoms with Crippen molar-refractivity contribution in [2.75, 3.05) is 6.61 Å². The summed E-state index contributed by atoms with van der Waals surface area (Å²) in [6.45, 7) is 0.515. The zero-order valence-electron chi connectivity index (χ0n) is 11.0. The molecule has 4 nitrogen and oxygen atoms in total. The molecule has 3 heterocycles. The zero-order chi connectivity index (χ0) is 14.4. The molecule has 0 atom stereocenters. The van der Waals surface area contributed by atoms with Gasteiger partial charge in [0.2, 0.25) is 5.88 Å². The topological polar surface area (TPSA) is 44.1 Å². The predicted molar refractivity (Wildman–Crippen MR) is 81.5 cm³/mol. The lowest BCUT2D eigenvalue weighted by molar-refractivity contribution is 0.338. The molecule has 5 heteroatoms. The van der Waals surface area contributed by atoms with E-state index in [0.717, 1.165) is 5.69 Å². The van der Waals surface area contributed by atoms with Gasteiger partial charge in [0.15, 0.2) is 11.1 Å². The molecule has 0 amide bonds. The van der Waals surface area contributed by atoms with Gasteiger partial charge in [-0.05, 0) is 30.3 Å². The Morgan fingerprint density at radius 1 is 1.24 bits per heavy atom. The SMILES string of the molecule is O=c1c2c(n(-c3cccc(Cl)c3)c3ncccc13)OCC2. The molecular formula is C16H11ClN2O2. The van der Waals surface area contributed by atoms with Crippen molar-refractivity contribution in [3.05, 3.63) is 63.4 Å². The van der Waals surface area contributed by atoms with Crippen LogP contribution in [0.15, 0.2) is 47.4 Å². The highest BCUT2D eigenvalue weighted by Gasteiger charge is 2.24. The van der Waals surface area contributed by atoms with Gasteiger partial charge in [0.05, 0.1) is 23.2 Å². The number of hydrogen-bond acceptors (Lipinski definition) is 3. The first-order valence-electron chi connectivity index (χ1n) is 6.67. The number of aromatic nitrogens is 2. The third-order valence-electron chi connectivity index (χ3n) is 3.64. The van der Waals surface area contributed by atoms with Gasteiger partial charge < -0.3 is 4.74 Å². The van der Waals surface area contributed by atoms with Gasteiger partial charge in [-0.2, -0.15) is 0 Å². The summed E-state index contributed by atoms with van der Waals surface area (Å²) in [5.41, 5.74) is 2.13. The second-order valence-corrected chi connectivity index (χ2v) is 5.34. The van der Waals surface area contributed by atoms with Gasteiger partial charge in [0.25, 0.3) is 0 Å². The van der Waals surface area contributed by atoms with Crippen molar-refractivity contribution >= 4 is 22.6 Å². The molecule has 0 radical (unpaired) electrons. The van der Waals surface area contributed by atoms with Crippen molar-refractivity contribution in [1.29, 1.82) is 0 Å². The molecule has 2 aromatic heterocycles. The smallest absolute Gasteiger partial charge is 0.207 e. The lowest BCUT2D eigenvalue weighted by atomic mass is 10.1. The summed E-state index contributed by atoms with van der Waals surface area (Å²) < 4.78 is 7.56. The largest absolute Gasteiger partial charge is 0.478 e. The number of rotatable bonds is 1. The molecule has 0 spiro atoms. The van der Waals surface area contributed by atoms with Crippen LogP contribution in [0.4, 0.5) is 0 Å². The lowest BCUT2D eigenvalue weighted by Crippen LogP contribution is -2.14. The molecule has 104 valence electrons. The zero-order valence-corrected chi connectivity index (χ0v) is 11.8. The Hall–Kier alpha value is -2.33. The monoisotopic (exact) mass is 298 g/mol. The van der Waals surface area contributed by atoms with Crippen molar-refractivity contribution in [3.8, 4) is 11.6 Å². The van der Waals surface area contributed by atoms with Gasteiger partial charge in [-0.3, -0.25) is 9.36 Å². The fourth-order valence-electron chi connectivity index (χ4n) is 2.72. The van der Waals surface area contributed by atoms with Gasteiger partial charge in [-0.25, -0.2) is 4.98 Å². The van der Waals surface area contributed by atoms with E-state index in [-0.39, 0.29) is 5.43 Å². The fraction of sp³-hybridized carbons (Fsp3) is 0.125. The van der Waals surface area contributed by atoms with Gasteiger partial charge in [0, 0.05) is 17.6 Å². The molecule has 0 saturated carbocycles. The van der Waals surface area contributed by atoms with Crippen molar-refractivity contribution in [3.63, 3.8) is 0 Å². The molecule has 0 aliphatic carbocycles. The van der Waals surface area contributed by atoms with Crippen LogP contribution in [-0.4, -0.2) is 16.2 Å². The maximum Gasteiger partial charge on any atom is 0.207 e. The second-order valence-electron chi connectivity index (χ2n) is 4.90. The quantitative estimate of drug-likeness (QED) is 0.694. The second kappa shape index (κ2) is 4.60. The average molecular weight is 299 g/mol. The summed E-state index contributed by atoms with van der Waals surface area (Å²) in [6.07, 6.45) is 2.30. The number of benzene rings is 1. The molecule has 3 aromatic rings. The molecule has 1 aliphatic heterocycles. The van der Waals surface area contributed by atoms with Gasteiger partial charge in [-0.15, -0.1) is 0 Å². The van der Waals surface area contributed by atoms with Gasteiger partial charge >= 0.3 is 0 Å². The van der Waals surface area contributed by atoms with E-state index in [2.05, 4.69) is 4.98 Å². The molecule has 1 aromatic carbocycles. The minimum Gasteiger partial charge on any atom is -0.478 e. The Morgan fingerprint density at radius 2 is 2.14 bits per heavy atom. The van der Waals surface area contributed by atoms with E-state index in [0.29, 0.717) is 40.5 Å². The number of nitrogens with zero attached hydrogens (tertiary/aromatic N) is 2. The van der Waals surface area contributed by atoms with Crippen molar-refractivity contribution in [2.45, 2.75) is 6.42 Å². The Kier molecular flexibility index (Phi) is 2.72. The Bertz CT molecular complexity index is 918. The third kappa shape index (κ3) is 1.83. The first-order chi connectivity index (χ1) is 10.3. The Balaban J connectivity index is 2.18. The summed E-state index contributed by atoms with van der Waals surface area (Å²) >= 11 is 6.09. The first kappa shape index (κ1) is 12.4. The highest BCUT2D eigenvalue weighted by Crippen LogP contribution is 2.30. The average Bonchev–Trinajstić information content (AvgIpc) is 2.97. The molecule has 0 fully saturated rings. The van der Waals surface area contributed by atoms with E-state index in [9.17, 15) is 4.79 Å². The van der Waals surface area contributed by atoms with Crippen LogP contribution < -0.4 is 10.2 Å². The summed E-state index contributed by atoms with van der Waals surface area (Å²) in [4.78, 5) is 16.9. The number of hydrogen-bond donors (Lipinski definition) is 0. The minimum absolute atomic E-state index is 0.00359. The van der Waals surface area contributed by atoms with Crippen LogP contribution in [-0.2, 0) is 6.42 Å². The molecule has 1 aliphatic rings. The van der Waals surface area contributed by atoms with E-state index < -0.39 is 0 Å². The lowest BCUT2D eigenvalue weighted by Gasteiger charge is -2.15. The summed E-state index contributed by atoms with van der Waals surface area (Å²) in [7, 11) is 0. The summed E-state index contributed by atoms with van der Waals surface area (Å²) in [5, 5.41) is 1.23. The normalized spacial score (nSPS) is 13.2. The van der Waals surface area contributed by atoms with E-state index in [4.69, 9.17) is 16.3 Å². The molecule has 0 unspecified atom stereocenters. The Morgan fingerprint density at radius 3 is 3.00 bits per heavy atom. The van der Waals surface area contributed by atoms with E-state index in [1.54, 1.807) is 18.3 Å². The standard InChI is InChI=1S/C16H11ClN2O2/c17-10-3-1-4-11(9-10)19-15-12(5-2-7-18-15)14(20)13-6-8-21-16(13)19/h1-5,7,9H,6,8H2. The van der Waals surface area contributed by atoms with E-state index in [1.807, 2.05) is 28.8 Å². The maximum absolute atomic E-state index is 12.5. The van der Waals surface area contributed by atoms with Gasteiger partial charge in [-0.1, -0.05) is 17.7 Å². The van der Waals surface area contributed by atoms with Crippen LogP contribution in [0.2, 0.25) is 5.02 Å². The number of halogens is 1. The van der Waals surface area contributed by atoms with Crippen LogP contribution in [0.5, 0.6) is 5.88 Å². The van der Waals surface area contributed by atoms with Crippen LogP contribution >= 0.6 is 11.6 Å². The van der Waals surface area contributed by atoms with E-state index >= 15 is 0 Å². The van der Waals surface area contributed by atoms with Crippen LogP contribution in [0, 0.1) is 0 Å². The molecule has 0 N–H and O–H groups in total. The van der Waals surface area contributed by atoms with Crippen LogP contribution in [0.25, 0.3) is 16.7 Å². The number of ether oxygens (including phenoxy) is 1. The summed E-state index contributed by atoms with van der Waals surface area (Å²) in [5.74, 6) is 0.577. The highest BCUT2D eigenvalue weighted by atomic mass is 35.5. The van der Waals surface area contributed by atoms with Gasteiger partial charge in [0.1, 0.15) is 0 Å². The molecule has 4 rings (SSSR count). The molecule has 21 heavy (non-hydrogen) atoms. The molecule has 0 bridgehead atoms. The highest BCUT2D eigenvalue weighted by molar-refractivity contribution is 6.30. The molecule has 0 saturated heterocycles. The number of pyridine rings is 2. The van der Waals surface area contributed by atoms with E-state index in [1.165, 1.54) is 0 Å². The maximum atomic E-state index is 12.5. The first-order valence-corrected chi connectivity index (χ1v) is 7.05. The van der Waals surface area contributed by atoms with Crippen molar-refractivity contribution in [2.24, 2.45) is 0 Å². The fourth-order valence-corrected chi connectivity index (χ4v) is 2.90. The molecular weight excluding hydrogens is 288 g/mol. The van der Waals surface area contributed by atoms with Crippen molar-refractivity contribution < 1.29 is 4.74 Å². The van der Waals surface area contributed by atoms with Crippen molar-refractivity contribution in [1.82, 2.24) is 9.55 Å². The predicted octanol–water partition coefficient (Wildman–Crippen LogP) is 2.97. The van der Waals surface area contributed by atoms with Crippen LogP contribution in [0.3, 0.4) is 0 Å². The minimum atomic E-state index is 0.00359. The number of fused-ring (bicyclic) bond motifs is 2. The Labute approximate surface area is 125 Å².